The number of benzene rings is 2. The van der Waals surface area contributed by atoms with Crippen molar-refractivity contribution in [2.24, 2.45) is 5.92 Å². The van der Waals surface area contributed by atoms with Gasteiger partial charge in [0.05, 0.1) is 23.9 Å². The van der Waals surface area contributed by atoms with Gasteiger partial charge in [-0.3, -0.25) is 9.59 Å². The number of hydrogen-bond donors (Lipinski definition) is 2. The van der Waals surface area contributed by atoms with Crippen molar-refractivity contribution in [3.05, 3.63) is 64.9 Å². The number of carbonyl (C=O) groups is 2. The number of alkyl halides is 3. The van der Waals surface area contributed by atoms with Crippen molar-refractivity contribution in [3.8, 4) is 16.9 Å². The molecule has 0 unspecified atom stereocenters. The van der Waals surface area contributed by atoms with E-state index in [0.717, 1.165) is 13.8 Å². The monoisotopic (exact) mass is 538 g/mol. The number of hydrogen-bond acceptors (Lipinski definition) is 4. The van der Waals surface area contributed by atoms with E-state index in [0.29, 0.717) is 22.5 Å². The number of nitrogens with zero attached hydrogens (tertiary/aromatic N) is 2. The Balaban J connectivity index is 1.68. The highest BCUT2D eigenvalue weighted by molar-refractivity contribution is 6.31. The number of nitrogens with one attached hydrogen (secondary N) is 2. The highest BCUT2D eigenvalue weighted by atomic mass is 35.5. The molecule has 1 aliphatic rings. The molecule has 2 aromatic carbocycles. The smallest absolute Gasteiger partial charge is 0.361 e. The summed E-state index contributed by atoms with van der Waals surface area (Å²) in [6, 6.07) is 11.7. The fraction of sp³-hybridized carbons (Fsp3) is 0.320. The zero-order valence-electron chi connectivity index (χ0n) is 19.8. The summed E-state index contributed by atoms with van der Waals surface area (Å²) in [5, 5.41) is 9.96. The van der Waals surface area contributed by atoms with Crippen LogP contribution in [0.4, 0.5) is 23.4 Å². The maximum atomic E-state index is 13.5. The average molecular weight is 539 g/mol. The topological polar surface area (TPSA) is 85.2 Å². The molecule has 0 bridgehead atoms. The van der Waals surface area contributed by atoms with Gasteiger partial charge in [0.2, 0.25) is 11.8 Å². The molecule has 0 spiro atoms. The third kappa shape index (κ3) is 6.11. The van der Waals surface area contributed by atoms with Crippen LogP contribution in [0.25, 0.3) is 16.9 Å². The fourth-order valence-corrected chi connectivity index (χ4v) is 3.93. The SMILES string of the molecule is CC(C)(OCc1cc(Cl)cc(-c2cc(NC(=O)[C@H]3CNC(=O)C3)nn2-c2ccc(F)cc2)c1)C(F)(F)F. The molecule has 4 rings (SSSR count). The van der Waals surface area contributed by atoms with E-state index in [-0.39, 0.29) is 36.3 Å². The summed E-state index contributed by atoms with van der Waals surface area (Å²) in [6.07, 6.45) is -4.51. The highest BCUT2D eigenvalue weighted by Gasteiger charge is 2.48. The van der Waals surface area contributed by atoms with Crippen LogP contribution in [0.1, 0.15) is 25.8 Å². The van der Waals surface area contributed by atoms with Crippen LogP contribution in [-0.2, 0) is 20.9 Å². The second-order valence-corrected chi connectivity index (χ2v) is 9.58. The van der Waals surface area contributed by atoms with E-state index in [1.165, 1.54) is 35.0 Å². The summed E-state index contributed by atoms with van der Waals surface area (Å²) in [7, 11) is 0. The van der Waals surface area contributed by atoms with Gasteiger partial charge >= 0.3 is 6.18 Å². The van der Waals surface area contributed by atoms with Crippen molar-refractivity contribution in [1.29, 1.82) is 0 Å². The Morgan fingerprint density at radius 2 is 1.89 bits per heavy atom. The summed E-state index contributed by atoms with van der Waals surface area (Å²) >= 11 is 6.28. The molecule has 196 valence electrons. The lowest BCUT2D eigenvalue weighted by atomic mass is 10.1. The predicted molar refractivity (Wildman–Crippen MR) is 129 cm³/mol. The minimum absolute atomic E-state index is 0.0588. The average Bonchev–Trinajstić information content (AvgIpc) is 3.44. The Hall–Kier alpha value is -3.44. The van der Waals surface area contributed by atoms with Gasteiger partial charge in [-0.25, -0.2) is 9.07 Å². The molecule has 1 aliphatic heterocycles. The van der Waals surface area contributed by atoms with Gasteiger partial charge in [0.1, 0.15) is 5.82 Å². The van der Waals surface area contributed by atoms with Crippen LogP contribution in [-0.4, -0.2) is 39.9 Å². The number of amides is 2. The van der Waals surface area contributed by atoms with Crippen LogP contribution < -0.4 is 10.6 Å². The normalized spacial score (nSPS) is 16.1. The second-order valence-electron chi connectivity index (χ2n) is 9.14. The number of anilines is 1. The van der Waals surface area contributed by atoms with Crippen LogP contribution in [0.15, 0.2) is 48.5 Å². The Labute approximate surface area is 214 Å². The van der Waals surface area contributed by atoms with Gasteiger partial charge in [0, 0.05) is 29.6 Å². The lowest BCUT2D eigenvalue weighted by Gasteiger charge is -2.28. The van der Waals surface area contributed by atoms with Crippen molar-refractivity contribution in [2.75, 3.05) is 11.9 Å². The number of carbonyl (C=O) groups excluding carboxylic acids is 2. The molecule has 1 saturated heterocycles. The Kier molecular flexibility index (Phi) is 7.29. The number of ether oxygens (including phenoxy) is 1. The minimum atomic E-state index is -4.57. The van der Waals surface area contributed by atoms with E-state index in [9.17, 15) is 27.2 Å². The van der Waals surface area contributed by atoms with Gasteiger partial charge in [-0.05, 0) is 61.9 Å². The van der Waals surface area contributed by atoms with Crippen molar-refractivity contribution in [1.82, 2.24) is 15.1 Å². The summed E-state index contributed by atoms with van der Waals surface area (Å²) in [4.78, 5) is 24.1. The van der Waals surface area contributed by atoms with Crippen molar-refractivity contribution in [3.63, 3.8) is 0 Å². The van der Waals surface area contributed by atoms with Crippen molar-refractivity contribution in [2.45, 2.75) is 38.7 Å². The number of rotatable bonds is 7. The van der Waals surface area contributed by atoms with E-state index in [1.807, 2.05) is 0 Å². The van der Waals surface area contributed by atoms with Gasteiger partial charge in [-0.1, -0.05) is 11.6 Å². The molecule has 2 N–H and O–H groups in total. The standard InChI is InChI=1S/C25H23ClF4N4O3/c1-24(2,25(28,29)30)37-13-14-7-15(9-17(26)8-14)20-11-21(32-23(36)16-10-22(35)31-12-16)33-34(20)19-5-3-18(27)4-6-19/h3-9,11,16H,10,12-13H2,1-2H3,(H,31,35)(H,32,33,36)/t16-/m1/s1. The molecule has 37 heavy (non-hydrogen) atoms. The molecule has 7 nitrogen and oxygen atoms in total. The van der Waals surface area contributed by atoms with E-state index in [2.05, 4.69) is 15.7 Å². The first-order valence-corrected chi connectivity index (χ1v) is 11.6. The molecule has 2 heterocycles. The first kappa shape index (κ1) is 26.6. The maximum absolute atomic E-state index is 13.5. The highest BCUT2D eigenvalue weighted by Crippen LogP contribution is 2.35. The molecular formula is C25H23ClF4N4O3. The van der Waals surface area contributed by atoms with E-state index >= 15 is 0 Å². The predicted octanol–water partition coefficient (Wildman–Crippen LogP) is 5.26. The number of aromatic nitrogens is 2. The van der Waals surface area contributed by atoms with Crippen LogP contribution in [0.3, 0.4) is 0 Å². The van der Waals surface area contributed by atoms with Crippen LogP contribution in [0, 0.1) is 11.7 Å². The van der Waals surface area contributed by atoms with E-state index < -0.39 is 29.4 Å². The van der Waals surface area contributed by atoms with Crippen LogP contribution in [0.5, 0.6) is 0 Å². The molecule has 3 aromatic rings. The summed E-state index contributed by atoms with van der Waals surface area (Å²) < 4.78 is 59.8. The summed E-state index contributed by atoms with van der Waals surface area (Å²) in [5.41, 5.74) is -0.620. The van der Waals surface area contributed by atoms with Crippen molar-refractivity contribution >= 4 is 29.2 Å². The Morgan fingerprint density at radius 3 is 2.51 bits per heavy atom. The first-order valence-electron chi connectivity index (χ1n) is 11.3. The molecular weight excluding hydrogens is 516 g/mol. The van der Waals surface area contributed by atoms with Crippen LogP contribution >= 0.6 is 11.6 Å². The molecule has 2 amide bonds. The molecule has 1 aromatic heterocycles. The quantitative estimate of drug-likeness (QED) is 0.402. The molecule has 0 aliphatic carbocycles. The summed E-state index contributed by atoms with van der Waals surface area (Å²) in [5.74, 6) is -1.47. The van der Waals surface area contributed by atoms with Gasteiger partial charge < -0.3 is 15.4 Å². The van der Waals surface area contributed by atoms with Gasteiger partial charge in [0.25, 0.3) is 0 Å². The lowest BCUT2D eigenvalue weighted by Crippen LogP contribution is -2.41. The zero-order chi connectivity index (χ0) is 27.0. The second kappa shape index (κ2) is 10.1. The molecule has 0 radical (unpaired) electrons. The van der Waals surface area contributed by atoms with E-state index in [4.69, 9.17) is 16.3 Å². The van der Waals surface area contributed by atoms with Gasteiger partial charge in [-0.2, -0.15) is 13.2 Å². The van der Waals surface area contributed by atoms with E-state index in [1.54, 1.807) is 18.2 Å². The van der Waals surface area contributed by atoms with Gasteiger partial charge in [0.15, 0.2) is 11.4 Å². The zero-order valence-corrected chi connectivity index (χ0v) is 20.6. The van der Waals surface area contributed by atoms with Crippen LogP contribution in [0.2, 0.25) is 5.02 Å². The third-order valence-electron chi connectivity index (χ3n) is 5.92. The molecule has 1 fully saturated rings. The molecule has 1 atom stereocenters. The maximum Gasteiger partial charge on any atom is 0.416 e. The first-order chi connectivity index (χ1) is 17.3. The fourth-order valence-electron chi connectivity index (χ4n) is 3.67. The minimum Gasteiger partial charge on any atom is -0.361 e. The Morgan fingerprint density at radius 1 is 1.19 bits per heavy atom. The Bertz CT molecular complexity index is 1320. The summed E-state index contributed by atoms with van der Waals surface area (Å²) in [6.45, 7) is 1.72. The third-order valence-corrected chi connectivity index (χ3v) is 6.13. The number of halogens is 5. The molecule has 12 heteroatoms. The van der Waals surface area contributed by atoms with Crippen molar-refractivity contribution < 1.29 is 31.9 Å². The van der Waals surface area contributed by atoms with Gasteiger partial charge in [-0.15, -0.1) is 5.10 Å². The molecule has 0 saturated carbocycles. The largest absolute Gasteiger partial charge is 0.416 e. The lowest BCUT2D eigenvalue weighted by molar-refractivity contribution is -0.267.